The summed E-state index contributed by atoms with van der Waals surface area (Å²) in [5.41, 5.74) is 15.2. The molecule has 0 aliphatic carbocycles. The number of benzene rings is 4. The molecule has 0 bridgehead atoms. The van der Waals surface area contributed by atoms with Crippen LogP contribution in [0.5, 0.6) is 0 Å². The predicted octanol–water partition coefficient (Wildman–Crippen LogP) is 10.6. The molecule has 7 heteroatoms. The first-order chi connectivity index (χ1) is 21.2. The SMILES string of the molecule is CS/C(=N/Nc1ccccc1-c1ccc(C)cc1)C(C)(C)C.Cc1ccc(-c2ccccc2N/N=C(/S(C)=O)C(C)(C)C)cc1. The maximum absolute atomic E-state index is 11.9. The highest BCUT2D eigenvalue weighted by Gasteiger charge is 2.23. The summed E-state index contributed by atoms with van der Waals surface area (Å²) >= 11 is 1.69. The fourth-order valence-corrected chi connectivity index (χ4v) is 6.32. The second-order valence-electron chi connectivity index (χ2n) is 13.0. The summed E-state index contributed by atoms with van der Waals surface area (Å²) in [5, 5.41) is 10.8. The molecular formula is C38H48N4OS2. The van der Waals surface area contributed by atoms with Crippen LogP contribution in [0, 0.1) is 24.7 Å². The Kier molecular flexibility index (Phi) is 12.8. The van der Waals surface area contributed by atoms with E-state index in [0.29, 0.717) is 5.04 Å². The average Bonchev–Trinajstić information content (AvgIpc) is 2.98. The number of rotatable bonds is 6. The number of thioether (sulfide) groups is 1. The Morgan fingerprint density at radius 1 is 0.622 bits per heavy atom. The van der Waals surface area contributed by atoms with Crippen LogP contribution in [0.1, 0.15) is 52.7 Å². The molecule has 0 aromatic heterocycles. The molecule has 5 nitrogen and oxygen atoms in total. The zero-order valence-electron chi connectivity index (χ0n) is 28.4. The number of para-hydroxylation sites is 2. The molecule has 0 aliphatic heterocycles. The van der Waals surface area contributed by atoms with Crippen molar-refractivity contribution in [1.82, 2.24) is 0 Å². The first-order valence-electron chi connectivity index (χ1n) is 15.1. The Hall–Kier alpha value is -3.68. The molecule has 0 saturated heterocycles. The highest BCUT2D eigenvalue weighted by atomic mass is 32.2. The lowest BCUT2D eigenvalue weighted by Crippen LogP contribution is -2.25. The van der Waals surface area contributed by atoms with Gasteiger partial charge in [-0.1, -0.05) is 138 Å². The van der Waals surface area contributed by atoms with Gasteiger partial charge in [0, 0.05) is 28.2 Å². The zero-order chi connectivity index (χ0) is 33.2. The lowest BCUT2D eigenvalue weighted by molar-refractivity contribution is 0.596. The summed E-state index contributed by atoms with van der Waals surface area (Å²) in [4.78, 5) is 0. The topological polar surface area (TPSA) is 65.8 Å². The Balaban J connectivity index is 0.000000246. The second-order valence-corrected chi connectivity index (χ2v) is 15.1. The number of hydrogen-bond acceptors (Lipinski definition) is 6. The molecule has 0 spiro atoms. The van der Waals surface area contributed by atoms with Crippen LogP contribution < -0.4 is 10.9 Å². The molecule has 4 aromatic carbocycles. The molecule has 0 heterocycles. The standard InChI is InChI=1S/C19H24N2OS.C19H24N2S/c1-14-10-12-15(13-11-14)16-8-6-7-9-17(16)20-21-18(23(5)22)19(2,3)4;1-14-10-12-15(13-11-14)16-8-6-7-9-17(16)20-21-18(22-5)19(2,3)4/h6-13,20H,1-5H3;6-13,20H,1-5H3/b2*21-18+. The minimum Gasteiger partial charge on any atom is -0.277 e. The van der Waals surface area contributed by atoms with Crippen LogP contribution in [0.25, 0.3) is 22.3 Å². The third kappa shape index (κ3) is 10.7. The number of anilines is 2. The molecule has 0 amide bonds. The molecule has 4 aromatic rings. The summed E-state index contributed by atoms with van der Waals surface area (Å²) in [6.07, 6.45) is 3.73. The van der Waals surface area contributed by atoms with E-state index in [4.69, 9.17) is 0 Å². The van der Waals surface area contributed by atoms with E-state index in [0.717, 1.165) is 27.5 Å². The number of nitrogens with zero attached hydrogens (tertiary/aromatic N) is 2. The average molecular weight is 641 g/mol. The quantitative estimate of drug-likeness (QED) is 0.125. The number of hydrazone groups is 2. The van der Waals surface area contributed by atoms with Crippen LogP contribution in [0.2, 0.25) is 0 Å². The third-order valence-electron chi connectivity index (χ3n) is 6.88. The van der Waals surface area contributed by atoms with E-state index in [2.05, 4.69) is 135 Å². The van der Waals surface area contributed by atoms with Crippen molar-refractivity contribution in [3.8, 4) is 22.3 Å². The van der Waals surface area contributed by atoms with Gasteiger partial charge in [-0.3, -0.25) is 15.1 Å². The van der Waals surface area contributed by atoms with Gasteiger partial charge in [-0.2, -0.15) is 10.2 Å². The molecule has 0 saturated carbocycles. The summed E-state index contributed by atoms with van der Waals surface area (Å²) in [7, 11) is -1.11. The Bertz CT molecular complexity index is 1630. The van der Waals surface area contributed by atoms with Crippen LogP contribution in [0.4, 0.5) is 11.4 Å². The third-order valence-corrected chi connectivity index (χ3v) is 9.22. The predicted molar refractivity (Wildman–Crippen MR) is 202 cm³/mol. The van der Waals surface area contributed by atoms with Gasteiger partial charge in [-0.05, 0) is 43.4 Å². The van der Waals surface area contributed by atoms with E-state index in [1.165, 1.54) is 22.3 Å². The summed E-state index contributed by atoms with van der Waals surface area (Å²) in [5.74, 6) is 0. The highest BCUT2D eigenvalue weighted by molar-refractivity contribution is 8.13. The largest absolute Gasteiger partial charge is 0.277 e. The minimum absolute atomic E-state index is 0.0468. The maximum Gasteiger partial charge on any atom is 0.129 e. The fourth-order valence-electron chi connectivity index (χ4n) is 4.54. The lowest BCUT2D eigenvalue weighted by atomic mass is 9.99. The van der Waals surface area contributed by atoms with Gasteiger partial charge in [-0.25, -0.2) is 0 Å². The van der Waals surface area contributed by atoms with Crippen molar-refractivity contribution >= 4 is 44.0 Å². The highest BCUT2D eigenvalue weighted by Crippen LogP contribution is 2.30. The molecule has 0 fully saturated rings. The molecule has 2 N–H and O–H groups in total. The molecule has 45 heavy (non-hydrogen) atoms. The molecular weight excluding hydrogens is 593 g/mol. The van der Waals surface area contributed by atoms with Crippen LogP contribution in [-0.4, -0.2) is 26.8 Å². The van der Waals surface area contributed by atoms with Crippen LogP contribution in [0.15, 0.2) is 107 Å². The Morgan fingerprint density at radius 3 is 1.38 bits per heavy atom. The van der Waals surface area contributed by atoms with E-state index >= 15 is 0 Å². The van der Waals surface area contributed by atoms with Crippen molar-refractivity contribution in [2.24, 2.45) is 21.0 Å². The number of nitrogens with one attached hydrogen (secondary N) is 2. The molecule has 1 unspecified atom stereocenters. The van der Waals surface area contributed by atoms with Crippen LogP contribution in [-0.2, 0) is 10.8 Å². The second kappa shape index (κ2) is 16.1. The minimum atomic E-state index is -1.11. The zero-order valence-corrected chi connectivity index (χ0v) is 30.0. The van der Waals surface area contributed by atoms with Gasteiger partial charge < -0.3 is 0 Å². The maximum atomic E-state index is 11.9. The van der Waals surface area contributed by atoms with E-state index in [1.807, 2.05) is 45.0 Å². The lowest BCUT2D eigenvalue weighted by Gasteiger charge is -2.20. The van der Waals surface area contributed by atoms with Crippen molar-refractivity contribution < 1.29 is 4.21 Å². The first-order valence-corrected chi connectivity index (χ1v) is 17.9. The fraction of sp³-hybridized carbons (Fsp3) is 0.316. The summed E-state index contributed by atoms with van der Waals surface area (Å²) < 4.78 is 11.9. The van der Waals surface area contributed by atoms with Crippen molar-refractivity contribution in [1.29, 1.82) is 0 Å². The van der Waals surface area contributed by atoms with E-state index in [9.17, 15) is 4.21 Å². The van der Waals surface area contributed by atoms with E-state index in [-0.39, 0.29) is 10.8 Å². The van der Waals surface area contributed by atoms with Crippen molar-refractivity contribution in [3.05, 3.63) is 108 Å². The van der Waals surface area contributed by atoms with Gasteiger partial charge in [0.25, 0.3) is 0 Å². The first kappa shape index (κ1) is 35.8. The summed E-state index contributed by atoms with van der Waals surface area (Å²) in [6.45, 7) is 16.8. The molecule has 4 rings (SSSR count). The van der Waals surface area contributed by atoms with Gasteiger partial charge in [0.2, 0.25) is 0 Å². The molecule has 238 valence electrons. The van der Waals surface area contributed by atoms with E-state index in [1.54, 1.807) is 18.0 Å². The monoisotopic (exact) mass is 640 g/mol. The van der Waals surface area contributed by atoms with Gasteiger partial charge in [0.1, 0.15) is 5.04 Å². The molecule has 1 atom stereocenters. The summed E-state index contributed by atoms with van der Waals surface area (Å²) in [6, 6.07) is 33.3. The number of hydrogen-bond donors (Lipinski definition) is 2. The normalized spacial score (nSPS) is 13.0. The van der Waals surface area contributed by atoms with Gasteiger partial charge in [0.05, 0.1) is 27.2 Å². The van der Waals surface area contributed by atoms with Gasteiger partial charge >= 0.3 is 0 Å². The van der Waals surface area contributed by atoms with Gasteiger partial charge in [-0.15, -0.1) is 11.8 Å². The van der Waals surface area contributed by atoms with Crippen LogP contribution >= 0.6 is 11.8 Å². The van der Waals surface area contributed by atoms with Crippen molar-refractivity contribution in [2.45, 2.75) is 55.4 Å². The molecule has 0 aliphatic rings. The van der Waals surface area contributed by atoms with E-state index < -0.39 is 10.8 Å². The van der Waals surface area contributed by atoms with Crippen molar-refractivity contribution in [2.75, 3.05) is 23.4 Å². The molecule has 0 radical (unpaired) electrons. The Labute approximate surface area is 277 Å². The van der Waals surface area contributed by atoms with Crippen molar-refractivity contribution in [3.63, 3.8) is 0 Å². The van der Waals surface area contributed by atoms with Gasteiger partial charge in [0.15, 0.2) is 0 Å². The number of aryl methyl sites for hydroxylation is 2. The Morgan fingerprint density at radius 2 is 1.02 bits per heavy atom. The van der Waals surface area contributed by atoms with Crippen LogP contribution in [0.3, 0.4) is 0 Å². The smallest absolute Gasteiger partial charge is 0.129 e.